The van der Waals surface area contributed by atoms with Crippen LogP contribution >= 0.6 is 0 Å². The lowest BCUT2D eigenvalue weighted by molar-refractivity contribution is -0.124. The van der Waals surface area contributed by atoms with Crippen LogP contribution in [0.15, 0.2) is 0 Å². The molecule has 110 valence electrons. The van der Waals surface area contributed by atoms with E-state index in [4.69, 9.17) is 16.2 Å². The summed E-state index contributed by atoms with van der Waals surface area (Å²) < 4.78 is 5.73. The second kappa shape index (κ2) is 5.77. The lowest BCUT2D eigenvalue weighted by atomic mass is 9.85. The lowest BCUT2D eigenvalue weighted by Crippen LogP contribution is -2.55. The van der Waals surface area contributed by atoms with Gasteiger partial charge >= 0.3 is 0 Å². The number of carbonyl (C=O) groups is 1. The van der Waals surface area contributed by atoms with Crippen molar-refractivity contribution in [2.24, 2.45) is 17.4 Å². The summed E-state index contributed by atoms with van der Waals surface area (Å²) in [6.07, 6.45) is 4.30. The van der Waals surface area contributed by atoms with Crippen molar-refractivity contribution in [3.05, 3.63) is 0 Å². The lowest BCUT2D eigenvalue weighted by Gasteiger charge is -2.37. The van der Waals surface area contributed by atoms with Crippen LogP contribution in [0.1, 0.15) is 39.5 Å². The van der Waals surface area contributed by atoms with E-state index in [-0.39, 0.29) is 24.0 Å². The Morgan fingerprint density at radius 2 is 2.00 bits per heavy atom. The van der Waals surface area contributed by atoms with E-state index >= 15 is 0 Å². The van der Waals surface area contributed by atoms with Crippen molar-refractivity contribution in [2.45, 2.75) is 57.3 Å². The van der Waals surface area contributed by atoms with Crippen LogP contribution in [0.5, 0.6) is 0 Å². The van der Waals surface area contributed by atoms with Gasteiger partial charge in [-0.15, -0.1) is 0 Å². The number of nitrogens with zero attached hydrogens (tertiary/aromatic N) is 1. The fourth-order valence-electron chi connectivity index (χ4n) is 3.63. The molecule has 0 aromatic rings. The van der Waals surface area contributed by atoms with Crippen molar-refractivity contribution in [1.82, 2.24) is 4.90 Å². The van der Waals surface area contributed by atoms with Crippen LogP contribution in [0.3, 0.4) is 0 Å². The van der Waals surface area contributed by atoms with Crippen molar-refractivity contribution in [3.63, 3.8) is 0 Å². The van der Waals surface area contributed by atoms with Gasteiger partial charge in [0, 0.05) is 13.1 Å². The minimum atomic E-state index is -0.774. The van der Waals surface area contributed by atoms with Crippen LogP contribution in [0, 0.1) is 5.92 Å². The molecule has 1 saturated heterocycles. The van der Waals surface area contributed by atoms with Gasteiger partial charge in [-0.25, -0.2) is 0 Å². The molecule has 1 saturated carbocycles. The van der Waals surface area contributed by atoms with Gasteiger partial charge in [-0.05, 0) is 45.6 Å². The van der Waals surface area contributed by atoms with Gasteiger partial charge < -0.3 is 16.2 Å². The van der Waals surface area contributed by atoms with E-state index in [9.17, 15) is 4.79 Å². The van der Waals surface area contributed by atoms with Gasteiger partial charge in [0.2, 0.25) is 5.91 Å². The molecule has 1 aliphatic carbocycles. The van der Waals surface area contributed by atoms with Crippen LogP contribution in [-0.2, 0) is 9.53 Å². The van der Waals surface area contributed by atoms with E-state index in [0.717, 1.165) is 45.3 Å². The highest BCUT2D eigenvalue weighted by Crippen LogP contribution is 2.36. The first-order valence-electron chi connectivity index (χ1n) is 7.38. The maximum absolute atomic E-state index is 11.6. The highest BCUT2D eigenvalue weighted by atomic mass is 16.5. The Labute approximate surface area is 115 Å². The number of morpholine rings is 1. The Morgan fingerprint density at radius 1 is 1.37 bits per heavy atom. The number of rotatable bonds is 4. The van der Waals surface area contributed by atoms with Crippen molar-refractivity contribution >= 4 is 5.91 Å². The third-order valence-electron chi connectivity index (χ3n) is 4.62. The molecule has 0 bridgehead atoms. The molecule has 2 aliphatic rings. The largest absolute Gasteiger partial charge is 0.373 e. The Bertz CT molecular complexity index is 327. The second-order valence-corrected chi connectivity index (χ2v) is 6.30. The molecule has 4 unspecified atom stereocenters. The molecule has 2 fully saturated rings. The Morgan fingerprint density at radius 3 is 2.58 bits per heavy atom. The van der Waals surface area contributed by atoms with Crippen molar-refractivity contribution in [1.29, 1.82) is 0 Å². The Hall–Kier alpha value is -0.650. The van der Waals surface area contributed by atoms with Crippen molar-refractivity contribution in [3.8, 4) is 0 Å². The van der Waals surface area contributed by atoms with E-state index < -0.39 is 5.54 Å². The summed E-state index contributed by atoms with van der Waals surface area (Å²) in [4.78, 5) is 14.0. The maximum atomic E-state index is 11.6. The number of hydrogen-bond acceptors (Lipinski definition) is 4. The molecule has 4 N–H and O–H groups in total. The third kappa shape index (κ3) is 3.27. The van der Waals surface area contributed by atoms with Gasteiger partial charge in [0.05, 0.1) is 17.7 Å². The third-order valence-corrected chi connectivity index (χ3v) is 4.62. The Kier molecular flexibility index (Phi) is 4.48. The van der Waals surface area contributed by atoms with Gasteiger partial charge in [-0.1, -0.05) is 6.42 Å². The summed E-state index contributed by atoms with van der Waals surface area (Å²) in [5, 5.41) is 0. The first-order valence-corrected chi connectivity index (χ1v) is 7.38. The number of nitrogens with two attached hydrogens (primary N) is 2. The molecule has 1 aliphatic heterocycles. The zero-order valence-electron chi connectivity index (χ0n) is 12.1. The van der Waals surface area contributed by atoms with E-state index in [1.54, 1.807) is 0 Å². The number of primary amides is 1. The van der Waals surface area contributed by atoms with E-state index in [2.05, 4.69) is 18.7 Å². The van der Waals surface area contributed by atoms with Crippen LogP contribution < -0.4 is 11.5 Å². The molecule has 0 aromatic heterocycles. The molecule has 0 radical (unpaired) electrons. The van der Waals surface area contributed by atoms with Crippen LogP contribution in [0.2, 0.25) is 0 Å². The predicted molar refractivity (Wildman–Crippen MR) is 74.5 cm³/mol. The Balaban J connectivity index is 1.86. The normalized spacial score (nSPS) is 40.5. The number of amides is 1. The van der Waals surface area contributed by atoms with Gasteiger partial charge in [0.1, 0.15) is 0 Å². The van der Waals surface area contributed by atoms with E-state index in [1.165, 1.54) is 0 Å². The predicted octanol–water partition coefficient (Wildman–Crippen LogP) is 0.469. The van der Waals surface area contributed by atoms with E-state index in [1.807, 2.05) is 0 Å². The fourth-order valence-corrected chi connectivity index (χ4v) is 3.63. The van der Waals surface area contributed by atoms with Gasteiger partial charge in [-0.2, -0.15) is 0 Å². The number of carbonyl (C=O) groups excluding carboxylic acids is 1. The molecule has 1 heterocycles. The minimum absolute atomic E-state index is 0.235. The molecule has 4 atom stereocenters. The smallest absolute Gasteiger partial charge is 0.237 e. The maximum Gasteiger partial charge on any atom is 0.237 e. The molecule has 0 aromatic carbocycles. The average molecular weight is 269 g/mol. The molecule has 0 spiro atoms. The average Bonchev–Trinajstić information content (AvgIpc) is 2.68. The zero-order chi connectivity index (χ0) is 14.0. The van der Waals surface area contributed by atoms with Crippen molar-refractivity contribution in [2.75, 3.05) is 19.6 Å². The quantitative estimate of drug-likeness (QED) is 0.777. The zero-order valence-corrected chi connectivity index (χ0v) is 12.1. The highest BCUT2D eigenvalue weighted by molar-refractivity contribution is 5.85. The van der Waals surface area contributed by atoms with E-state index in [0.29, 0.717) is 0 Å². The van der Waals surface area contributed by atoms with Crippen molar-refractivity contribution < 1.29 is 9.53 Å². The first-order chi connectivity index (χ1) is 8.91. The summed E-state index contributed by atoms with van der Waals surface area (Å²) in [6.45, 7) is 7.12. The second-order valence-electron chi connectivity index (χ2n) is 6.30. The highest BCUT2D eigenvalue weighted by Gasteiger charge is 2.44. The summed E-state index contributed by atoms with van der Waals surface area (Å²) in [5.74, 6) is -0.0998. The number of ether oxygens (including phenoxy) is 1. The monoisotopic (exact) mass is 269 g/mol. The SMILES string of the molecule is CC1CN(CCC2CCCC2(N)C(N)=O)CC(C)O1. The summed E-state index contributed by atoms with van der Waals surface area (Å²) in [5.41, 5.74) is 10.9. The number of hydrogen-bond donors (Lipinski definition) is 2. The molecule has 5 nitrogen and oxygen atoms in total. The first kappa shape index (κ1) is 14.8. The van der Waals surface area contributed by atoms with Gasteiger partial charge in [-0.3, -0.25) is 9.69 Å². The standard InChI is InChI=1S/C14H27N3O2/c1-10-8-17(9-11(2)19-10)7-5-12-4-3-6-14(12,16)13(15)18/h10-12H,3-9,16H2,1-2H3,(H2,15,18). The molecular weight excluding hydrogens is 242 g/mol. The molecule has 19 heavy (non-hydrogen) atoms. The summed E-state index contributed by atoms with van der Waals surface area (Å²) in [7, 11) is 0. The van der Waals surface area contributed by atoms with Gasteiger partial charge in [0.15, 0.2) is 0 Å². The van der Waals surface area contributed by atoms with Crippen LogP contribution in [0.25, 0.3) is 0 Å². The van der Waals surface area contributed by atoms with Crippen LogP contribution in [0.4, 0.5) is 0 Å². The molecule has 1 amide bonds. The minimum Gasteiger partial charge on any atom is -0.373 e. The van der Waals surface area contributed by atoms with Crippen LogP contribution in [-0.4, -0.2) is 48.2 Å². The molecular formula is C14H27N3O2. The fraction of sp³-hybridized carbons (Fsp3) is 0.929. The molecule has 2 rings (SSSR count). The topological polar surface area (TPSA) is 81.6 Å². The summed E-state index contributed by atoms with van der Waals surface area (Å²) in [6, 6.07) is 0. The van der Waals surface area contributed by atoms with Gasteiger partial charge in [0.25, 0.3) is 0 Å². The summed E-state index contributed by atoms with van der Waals surface area (Å²) >= 11 is 0. The molecule has 5 heteroatoms.